The summed E-state index contributed by atoms with van der Waals surface area (Å²) in [5, 5.41) is 70.4. The molecule has 0 aromatic rings. The highest BCUT2D eigenvalue weighted by atomic mass is 16.7. The molecule has 11 heteroatoms. The third-order valence-electron chi connectivity index (χ3n) is 7.09. The van der Waals surface area contributed by atoms with Crippen LogP contribution >= 0.6 is 0 Å². The fourth-order valence-electron chi connectivity index (χ4n) is 4.79. The second-order valence-electron chi connectivity index (χ2n) is 10.00. The third-order valence-corrected chi connectivity index (χ3v) is 7.09. The van der Waals surface area contributed by atoms with E-state index >= 15 is 0 Å². The first-order valence-corrected chi connectivity index (χ1v) is 13.3. The molecule has 36 heavy (non-hydrogen) atoms. The lowest BCUT2D eigenvalue weighted by Gasteiger charge is -2.46. The van der Waals surface area contributed by atoms with E-state index in [9.17, 15) is 40.5 Å². The van der Waals surface area contributed by atoms with Crippen molar-refractivity contribution in [2.24, 2.45) is 0 Å². The molecule has 0 aromatic heterocycles. The summed E-state index contributed by atoms with van der Waals surface area (Å²) in [6, 6.07) is 0. The van der Waals surface area contributed by atoms with Crippen LogP contribution in [0.4, 0.5) is 0 Å². The molecule has 0 amide bonds. The fraction of sp³-hybridized carbons (Fsp3) is 0.960. The van der Waals surface area contributed by atoms with E-state index in [1.807, 2.05) is 0 Å². The summed E-state index contributed by atoms with van der Waals surface area (Å²) in [6.07, 6.45) is -4.08. The van der Waals surface area contributed by atoms with Gasteiger partial charge in [-0.2, -0.15) is 0 Å². The molecule has 2 fully saturated rings. The summed E-state index contributed by atoms with van der Waals surface area (Å²) in [5.74, 6) is -0.112. The van der Waals surface area contributed by atoms with E-state index in [-0.39, 0.29) is 12.2 Å². The third kappa shape index (κ3) is 8.93. The molecule has 0 spiro atoms. The monoisotopic (exact) mass is 522 g/mol. The first-order chi connectivity index (χ1) is 17.2. The molecule has 0 aliphatic carbocycles. The van der Waals surface area contributed by atoms with Crippen molar-refractivity contribution in [2.45, 2.75) is 139 Å². The Balaban J connectivity index is 1.81. The van der Waals surface area contributed by atoms with E-state index in [4.69, 9.17) is 14.2 Å². The van der Waals surface area contributed by atoms with E-state index in [1.165, 1.54) is 32.1 Å². The Morgan fingerprint density at radius 1 is 0.667 bits per heavy atom. The largest absolute Gasteiger partial charge is 0.394 e. The molecule has 0 bridgehead atoms. The summed E-state index contributed by atoms with van der Waals surface area (Å²) in [4.78, 5) is 12.4. The summed E-state index contributed by atoms with van der Waals surface area (Å²) < 4.78 is 16.5. The molecule has 10 atom stereocenters. The number of ether oxygens (including phenoxy) is 3. The Morgan fingerprint density at radius 2 is 1.22 bits per heavy atom. The lowest BCUT2D eigenvalue weighted by molar-refractivity contribution is -0.341. The molecule has 2 saturated heterocycles. The zero-order valence-electron chi connectivity index (χ0n) is 21.2. The minimum atomic E-state index is -1.72. The van der Waals surface area contributed by atoms with Crippen LogP contribution in [0.1, 0.15) is 77.6 Å². The second kappa shape index (κ2) is 16.3. The van der Waals surface area contributed by atoms with Gasteiger partial charge in [0.25, 0.3) is 0 Å². The Bertz CT molecular complexity index is 617. The molecular formula is C25H46O11. The second-order valence-corrected chi connectivity index (χ2v) is 10.00. The Labute approximate surface area is 213 Å². The van der Waals surface area contributed by atoms with Gasteiger partial charge in [-0.1, -0.05) is 58.3 Å². The normalized spacial score (nSPS) is 37.2. The Kier molecular flexibility index (Phi) is 14.2. The van der Waals surface area contributed by atoms with Crippen molar-refractivity contribution in [1.29, 1.82) is 0 Å². The standard InChI is InChI=1S/C25H46O11/c1-2-3-4-5-6-7-8-9-10-11-15(28)12-16-19(29)22(32)24(18(14-27)34-16)36-25-23(33)21(31)20(30)17(13-26)35-25/h16-27,29-33H,2-14H2,1H3/t16-,17?,18?,19?,20-,21-,22+,23?,24-,25-/m0/s1. The van der Waals surface area contributed by atoms with Crippen LogP contribution < -0.4 is 0 Å². The smallest absolute Gasteiger partial charge is 0.187 e. The maximum Gasteiger partial charge on any atom is 0.187 e. The number of Topliss-reactive ketones (excluding diaryl/α,β-unsaturated/α-hetero) is 1. The van der Waals surface area contributed by atoms with Gasteiger partial charge >= 0.3 is 0 Å². The SMILES string of the molecule is CCCCCCCCCCCC(=O)C[C@@H]1OC(CO)[C@H](O[C@@H]2OC(CO)[C@H](O)[C@H](O)C2O)[C@H](O)C1O. The molecule has 0 radical (unpaired) electrons. The predicted octanol–water partition coefficient (Wildman–Crippen LogP) is -0.467. The molecule has 11 nitrogen and oxygen atoms in total. The predicted molar refractivity (Wildman–Crippen MR) is 128 cm³/mol. The number of unbranched alkanes of at least 4 members (excludes halogenated alkanes) is 8. The first kappa shape index (κ1) is 31.5. The Morgan fingerprint density at radius 3 is 1.81 bits per heavy atom. The fourth-order valence-corrected chi connectivity index (χ4v) is 4.79. The average molecular weight is 523 g/mol. The maximum atomic E-state index is 12.4. The van der Waals surface area contributed by atoms with Crippen molar-refractivity contribution in [2.75, 3.05) is 13.2 Å². The highest BCUT2D eigenvalue weighted by molar-refractivity contribution is 5.78. The van der Waals surface area contributed by atoms with Crippen molar-refractivity contribution in [3.05, 3.63) is 0 Å². The summed E-state index contributed by atoms with van der Waals surface area (Å²) in [6.45, 7) is 0.911. The summed E-state index contributed by atoms with van der Waals surface area (Å²) >= 11 is 0. The number of rotatable bonds is 16. The first-order valence-electron chi connectivity index (χ1n) is 13.3. The zero-order chi connectivity index (χ0) is 26.7. The number of aliphatic hydroxyl groups is 7. The van der Waals surface area contributed by atoms with Crippen molar-refractivity contribution in [3.8, 4) is 0 Å². The van der Waals surface area contributed by atoms with Gasteiger partial charge in [-0.15, -0.1) is 0 Å². The lowest BCUT2D eigenvalue weighted by Crippen LogP contribution is -2.64. The van der Waals surface area contributed by atoms with Crippen molar-refractivity contribution in [3.63, 3.8) is 0 Å². The number of ketones is 1. The number of carbonyl (C=O) groups is 1. The van der Waals surface area contributed by atoms with Gasteiger partial charge in [-0.3, -0.25) is 4.79 Å². The van der Waals surface area contributed by atoms with Gasteiger partial charge in [0, 0.05) is 12.8 Å². The minimum Gasteiger partial charge on any atom is -0.394 e. The van der Waals surface area contributed by atoms with Crippen LogP contribution in [0, 0.1) is 0 Å². The van der Waals surface area contributed by atoms with Gasteiger partial charge in [-0.25, -0.2) is 0 Å². The molecule has 0 saturated carbocycles. The van der Waals surface area contributed by atoms with E-state index in [0.717, 1.165) is 25.7 Å². The highest BCUT2D eigenvalue weighted by Gasteiger charge is 2.50. The van der Waals surface area contributed by atoms with E-state index in [2.05, 4.69) is 6.92 Å². The maximum absolute atomic E-state index is 12.4. The van der Waals surface area contributed by atoms with Crippen LogP contribution in [0.3, 0.4) is 0 Å². The van der Waals surface area contributed by atoms with Gasteiger partial charge in [-0.05, 0) is 6.42 Å². The summed E-state index contributed by atoms with van der Waals surface area (Å²) in [5.41, 5.74) is 0. The van der Waals surface area contributed by atoms with Crippen LogP contribution in [0.15, 0.2) is 0 Å². The van der Waals surface area contributed by atoms with Crippen LogP contribution in [-0.2, 0) is 19.0 Å². The van der Waals surface area contributed by atoms with Gasteiger partial charge in [0.2, 0.25) is 0 Å². The van der Waals surface area contributed by atoms with E-state index < -0.39 is 74.4 Å². The topological polar surface area (TPSA) is 186 Å². The molecule has 2 aliphatic heterocycles. The van der Waals surface area contributed by atoms with E-state index in [1.54, 1.807) is 0 Å². The average Bonchev–Trinajstić information content (AvgIpc) is 2.87. The quantitative estimate of drug-likeness (QED) is 0.130. The van der Waals surface area contributed by atoms with Crippen LogP contribution in [-0.4, -0.2) is 116 Å². The lowest BCUT2D eigenvalue weighted by atomic mass is 9.91. The molecule has 4 unspecified atom stereocenters. The molecule has 2 rings (SSSR count). The van der Waals surface area contributed by atoms with Crippen LogP contribution in [0.2, 0.25) is 0 Å². The zero-order valence-corrected chi connectivity index (χ0v) is 21.2. The number of carbonyl (C=O) groups excluding carboxylic acids is 1. The van der Waals surface area contributed by atoms with Gasteiger partial charge in [0.1, 0.15) is 54.6 Å². The van der Waals surface area contributed by atoms with Crippen molar-refractivity contribution in [1.82, 2.24) is 0 Å². The van der Waals surface area contributed by atoms with Crippen molar-refractivity contribution < 1.29 is 54.8 Å². The molecule has 0 aromatic carbocycles. The molecule has 2 heterocycles. The molecular weight excluding hydrogens is 476 g/mol. The van der Waals surface area contributed by atoms with Gasteiger partial charge in [0.05, 0.1) is 19.3 Å². The van der Waals surface area contributed by atoms with Crippen LogP contribution in [0.25, 0.3) is 0 Å². The van der Waals surface area contributed by atoms with E-state index in [0.29, 0.717) is 6.42 Å². The number of hydrogen-bond donors (Lipinski definition) is 7. The van der Waals surface area contributed by atoms with Gasteiger partial charge in [0.15, 0.2) is 6.29 Å². The number of aliphatic hydroxyl groups excluding tert-OH is 7. The van der Waals surface area contributed by atoms with Crippen molar-refractivity contribution >= 4 is 5.78 Å². The molecule has 212 valence electrons. The van der Waals surface area contributed by atoms with Gasteiger partial charge < -0.3 is 50.0 Å². The molecule has 7 N–H and O–H groups in total. The number of hydrogen-bond acceptors (Lipinski definition) is 11. The highest BCUT2D eigenvalue weighted by Crippen LogP contribution is 2.30. The summed E-state index contributed by atoms with van der Waals surface area (Å²) in [7, 11) is 0. The molecule has 2 aliphatic rings. The minimum absolute atomic E-state index is 0.112. The Hall–Kier alpha value is -0.730. The van der Waals surface area contributed by atoms with Crippen LogP contribution in [0.5, 0.6) is 0 Å².